The molecule has 1 aromatic rings. The van der Waals surface area contributed by atoms with E-state index in [-0.39, 0.29) is 5.91 Å². The van der Waals surface area contributed by atoms with E-state index < -0.39 is 0 Å². The fraction of sp³-hybridized carbons (Fsp3) is 0.600. The molecule has 2 bridgehead atoms. The van der Waals surface area contributed by atoms with Crippen molar-refractivity contribution in [2.24, 2.45) is 10.9 Å². The van der Waals surface area contributed by atoms with Crippen molar-refractivity contribution in [1.29, 1.82) is 0 Å². The van der Waals surface area contributed by atoms with Crippen LogP contribution < -0.4 is 16.0 Å². The van der Waals surface area contributed by atoms with Crippen molar-refractivity contribution >= 4 is 17.6 Å². The largest absolute Gasteiger partial charge is 0.373 e. The van der Waals surface area contributed by atoms with Gasteiger partial charge in [-0.05, 0) is 42.9 Å². The van der Waals surface area contributed by atoms with Crippen LogP contribution in [0.1, 0.15) is 45.1 Å². The van der Waals surface area contributed by atoms with Crippen LogP contribution >= 0.6 is 0 Å². The summed E-state index contributed by atoms with van der Waals surface area (Å²) in [4.78, 5) is 16.3. The standard InChI is InChI=1S/C20H30N4O2/c1-13(2)9-19(25)23-15-6-4-5-14(10-15)12-22-20(21-3)24-17-11-16-7-8-18(17)26-16/h4-6,10,13,16-18H,7-9,11-12H2,1-3H3,(H,23,25)(H2,21,22,24). The number of aliphatic imine (C=N–C) groups is 1. The second-order valence-corrected chi connectivity index (χ2v) is 7.63. The molecular weight excluding hydrogens is 328 g/mol. The molecular formula is C20H30N4O2. The lowest BCUT2D eigenvalue weighted by Gasteiger charge is -2.22. The first-order valence-corrected chi connectivity index (χ1v) is 9.55. The molecule has 26 heavy (non-hydrogen) atoms. The van der Waals surface area contributed by atoms with Crippen molar-refractivity contribution < 1.29 is 9.53 Å². The molecule has 2 saturated heterocycles. The Hall–Kier alpha value is -2.08. The number of carbonyl (C=O) groups is 1. The summed E-state index contributed by atoms with van der Waals surface area (Å²) in [5, 5.41) is 9.80. The summed E-state index contributed by atoms with van der Waals surface area (Å²) in [6, 6.07) is 8.27. The van der Waals surface area contributed by atoms with Crippen LogP contribution in [0.4, 0.5) is 5.69 Å². The van der Waals surface area contributed by atoms with Gasteiger partial charge in [-0.25, -0.2) is 0 Å². The van der Waals surface area contributed by atoms with E-state index in [9.17, 15) is 4.79 Å². The summed E-state index contributed by atoms with van der Waals surface area (Å²) in [5.74, 6) is 1.20. The van der Waals surface area contributed by atoms with Crippen molar-refractivity contribution in [3.05, 3.63) is 29.8 Å². The number of hydrogen-bond acceptors (Lipinski definition) is 3. The number of benzene rings is 1. The van der Waals surface area contributed by atoms with E-state index >= 15 is 0 Å². The first-order chi connectivity index (χ1) is 12.5. The number of nitrogens with zero attached hydrogens (tertiary/aromatic N) is 1. The van der Waals surface area contributed by atoms with Crippen LogP contribution in [-0.4, -0.2) is 37.2 Å². The highest BCUT2D eigenvalue weighted by Gasteiger charge is 2.41. The van der Waals surface area contributed by atoms with Gasteiger partial charge >= 0.3 is 0 Å². The number of hydrogen-bond donors (Lipinski definition) is 3. The van der Waals surface area contributed by atoms with Gasteiger partial charge < -0.3 is 20.7 Å². The van der Waals surface area contributed by atoms with Crippen LogP contribution in [0.3, 0.4) is 0 Å². The molecule has 0 radical (unpaired) electrons. The number of amides is 1. The zero-order chi connectivity index (χ0) is 18.5. The van der Waals surface area contributed by atoms with Gasteiger partial charge in [0, 0.05) is 25.7 Å². The monoisotopic (exact) mass is 358 g/mol. The molecule has 0 aliphatic carbocycles. The molecule has 3 unspecified atom stereocenters. The summed E-state index contributed by atoms with van der Waals surface area (Å²) in [6.45, 7) is 4.73. The Balaban J connectivity index is 1.50. The lowest BCUT2D eigenvalue weighted by Crippen LogP contribution is -2.47. The molecule has 0 aromatic heterocycles. The quantitative estimate of drug-likeness (QED) is 0.540. The second-order valence-electron chi connectivity index (χ2n) is 7.63. The van der Waals surface area contributed by atoms with E-state index in [1.165, 1.54) is 6.42 Å². The molecule has 142 valence electrons. The number of nitrogens with one attached hydrogen (secondary N) is 3. The smallest absolute Gasteiger partial charge is 0.224 e. The lowest BCUT2D eigenvalue weighted by atomic mass is 9.96. The van der Waals surface area contributed by atoms with Gasteiger partial charge in [0.2, 0.25) is 5.91 Å². The highest BCUT2D eigenvalue weighted by molar-refractivity contribution is 5.90. The van der Waals surface area contributed by atoms with E-state index in [0.717, 1.165) is 30.1 Å². The van der Waals surface area contributed by atoms with Crippen molar-refractivity contribution in [1.82, 2.24) is 10.6 Å². The summed E-state index contributed by atoms with van der Waals surface area (Å²) in [7, 11) is 1.78. The van der Waals surface area contributed by atoms with Gasteiger partial charge in [0.15, 0.2) is 5.96 Å². The lowest BCUT2D eigenvalue weighted by molar-refractivity contribution is -0.116. The molecule has 3 N–H and O–H groups in total. The van der Waals surface area contributed by atoms with Gasteiger partial charge in [0.05, 0.1) is 18.2 Å². The number of ether oxygens (including phenoxy) is 1. The summed E-state index contributed by atoms with van der Waals surface area (Å²) in [5.41, 5.74) is 1.93. The third-order valence-electron chi connectivity index (χ3n) is 4.92. The van der Waals surface area contributed by atoms with Gasteiger partial charge in [-0.3, -0.25) is 9.79 Å². The predicted molar refractivity (Wildman–Crippen MR) is 104 cm³/mol. The minimum atomic E-state index is 0.0545. The maximum absolute atomic E-state index is 11.9. The predicted octanol–water partition coefficient (Wildman–Crippen LogP) is 2.66. The Morgan fingerprint density at radius 3 is 2.85 bits per heavy atom. The zero-order valence-electron chi connectivity index (χ0n) is 15.9. The third kappa shape index (κ3) is 4.97. The van der Waals surface area contributed by atoms with Gasteiger partial charge in [0.25, 0.3) is 0 Å². The second kappa shape index (κ2) is 8.54. The van der Waals surface area contributed by atoms with Crippen LogP contribution in [0.15, 0.2) is 29.3 Å². The molecule has 6 heteroatoms. The Morgan fingerprint density at radius 2 is 2.19 bits per heavy atom. The molecule has 6 nitrogen and oxygen atoms in total. The molecule has 3 rings (SSSR count). The number of guanidine groups is 1. The molecule has 0 spiro atoms. The molecule has 1 aromatic carbocycles. The molecule has 2 aliphatic heterocycles. The van der Waals surface area contributed by atoms with Crippen molar-refractivity contribution in [3.63, 3.8) is 0 Å². The highest BCUT2D eigenvalue weighted by Crippen LogP contribution is 2.34. The van der Waals surface area contributed by atoms with Crippen molar-refractivity contribution in [2.75, 3.05) is 12.4 Å². The first-order valence-electron chi connectivity index (χ1n) is 9.55. The fourth-order valence-electron chi connectivity index (χ4n) is 3.69. The Kier molecular flexibility index (Phi) is 6.14. The number of anilines is 1. The van der Waals surface area contributed by atoms with Crippen LogP contribution in [-0.2, 0) is 16.1 Å². The third-order valence-corrected chi connectivity index (χ3v) is 4.92. The topological polar surface area (TPSA) is 74.8 Å². The molecule has 2 heterocycles. The van der Waals surface area contributed by atoms with Gasteiger partial charge in [-0.1, -0.05) is 26.0 Å². The van der Waals surface area contributed by atoms with E-state index in [1.54, 1.807) is 7.05 Å². The number of carbonyl (C=O) groups excluding carboxylic acids is 1. The Morgan fingerprint density at radius 1 is 1.35 bits per heavy atom. The van der Waals surface area contributed by atoms with Gasteiger partial charge in [-0.15, -0.1) is 0 Å². The Labute approximate surface area is 155 Å². The average molecular weight is 358 g/mol. The van der Waals surface area contributed by atoms with E-state index in [0.29, 0.717) is 37.1 Å². The number of rotatable bonds is 6. The van der Waals surface area contributed by atoms with Crippen molar-refractivity contribution in [2.45, 2.75) is 64.3 Å². The van der Waals surface area contributed by atoms with Crippen LogP contribution in [0.25, 0.3) is 0 Å². The normalized spacial score (nSPS) is 24.8. The molecule has 2 fully saturated rings. The summed E-state index contributed by atoms with van der Waals surface area (Å²) in [6.07, 6.45) is 4.65. The van der Waals surface area contributed by atoms with Crippen LogP contribution in [0.2, 0.25) is 0 Å². The number of fused-ring (bicyclic) bond motifs is 2. The SMILES string of the molecule is CN=C(NCc1cccc(NC(=O)CC(C)C)c1)NC1CC2CCC1O2. The molecule has 2 aliphatic rings. The van der Waals surface area contributed by atoms with Crippen LogP contribution in [0.5, 0.6) is 0 Å². The summed E-state index contributed by atoms with van der Waals surface area (Å²) < 4.78 is 5.89. The minimum Gasteiger partial charge on any atom is -0.373 e. The maximum Gasteiger partial charge on any atom is 0.224 e. The average Bonchev–Trinajstić information content (AvgIpc) is 3.21. The molecule has 0 saturated carbocycles. The minimum absolute atomic E-state index is 0.0545. The fourth-order valence-corrected chi connectivity index (χ4v) is 3.69. The van der Waals surface area contributed by atoms with E-state index in [2.05, 4.69) is 20.9 Å². The van der Waals surface area contributed by atoms with E-state index in [4.69, 9.17) is 4.74 Å². The molecule has 1 amide bonds. The van der Waals surface area contributed by atoms with Gasteiger partial charge in [0.1, 0.15) is 0 Å². The summed E-state index contributed by atoms with van der Waals surface area (Å²) >= 11 is 0. The van der Waals surface area contributed by atoms with Gasteiger partial charge in [-0.2, -0.15) is 0 Å². The van der Waals surface area contributed by atoms with Crippen molar-refractivity contribution in [3.8, 4) is 0 Å². The van der Waals surface area contributed by atoms with Crippen LogP contribution in [0, 0.1) is 5.92 Å². The highest BCUT2D eigenvalue weighted by atomic mass is 16.5. The zero-order valence-corrected chi connectivity index (χ0v) is 15.9. The maximum atomic E-state index is 11.9. The Bertz CT molecular complexity index is 659. The molecule has 3 atom stereocenters. The first kappa shape index (κ1) is 18.7. The van der Waals surface area contributed by atoms with E-state index in [1.807, 2.05) is 38.1 Å².